The maximum absolute atomic E-state index is 12.1. The van der Waals surface area contributed by atoms with Crippen LogP contribution in [-0.2, 0) is 30.0 Å². The molecule has 50 heavy (non-hydrogen) atoms. The summed E-state index contributed by atoms with van der Waals surface area (Å²) in [6.45, 7) is 4.96. The molecule has 2 N–H and O–H groups in total. The van der Waals surface area contributed by atoms with Crippen molar-refractivity contribution in [2.75, 3.05) is 13.2 Å². The summed E-state index contributed by atoms with van der Waals surface area (Å²) in [5.41, 5.74) is 4.41. The van der Waals surface area contributed by atoms with E-state index in [9.17, 15) is 20.3 Å². The molecule has 3 aromatic carbocycles. The minimum atomic E-state index is -0.921. The van der Waals surface area contributed by atoms with Gasteiger partial charge in [0.25, 0.3) is 0 Å². The van der Waals surface area contributed by atoms with Crippen LogP contribution in [0.5, 0.6) is 11.5 Å². The van der Waals surface area contributed by atoms with Crippen molar-refractivity contribution >= 4 is 23.1 Å². The molecular formula is C39H39ClN4O6. The number of aliphatic hydroxyl groups excluding tert-OH is 1. The van der Waals surface area contributed by atoms with E-state index in [1.54, 1.807) is 30.3 Å². The Bertz CT molecular complexity index is 1970. The predicted molar refractivity (Wildman–Crippen MR) is 187 cm³/mol. The van der Waals surface area contributed by atoms with Crippen molar-refractivity contribution in [2.45, 2.75) is 64.3 Å². The molecule has 258 valence electrons. The average Bonchev–Trinajstić information content (AvgIpc) is 3.62. The van der Waals surface area contributed by atoms with E-state index < -0.39 is 24.0 Å². The van der Waals surface area contributed by atoms with Gasteiger partial charge < -0.3 is 24.1 Å². The van der Waals surface area contributed by atoms with Crippen LogP contribution in [0.15, 0.2) is 83.3 Å². The number of aromatic nitrogens is 2. The number of carboxylic acids is 1. The number of halogens is 1. The lowest BCUT2D eigenvalue weighted by atomic mass is 9.68. The number of aliphatic carboxylic acids is 1. The van der Waals surface area contributed by atoms with E-state index in [-0.39, 0.29) is 25.0 Å². The van der Waals surface area contributed by atoms with E-state index in [0.717, 1.165) is 40.7 Å². The molecule has 0 bridgehead atoms. The zero-order chi connectivity index (χ0) is 35.3. The maximum Gasteiger partial charge on any atom is 0.320 e. The number of rotatable bonds is 12. The Kier molecular flexibility index (Phi) is 10.7. The molecule has 10 nitrogen and oxygen atoms in total. The van der Waals surface area contributed by atoms with Gasteiger partial charge >= 0.3 is 5.97 Å². The SMILES string of the molecule is Cc1ccccc1C1=CC=CC(COc2cc(OCc3cccc(C#N)c3)c(CN3CCCC[C@H]3C(=O)O)cc2Cl)(c2nnc(CO)o2)C1C. The van der Waals surface area contributed by atoms with Crippen molar-refractivity contribution in [3.8, 4) is 17.6 Å². The predicted octanol–water partition coefficient (Wildman–Crippen LogP) is 7.02. The second kappa shape index (κ2) is 15.3. The molecule has 2 heterocycles. The highest BCUT2D eigenvalue weighted by molar-refractivity contribution is 6.32. The van der Waals surface area contributed by atoms with Gasteiger partial charge in [-0.3, -0.25) is 9.69 Å². The quantitative estimate of drug-likeness (QED) is 0.159. The van der Waals surface area contributed by atoms with Crippen LogP contribution in [0.2, 0.25) is 5.02 Å². The summed E-state index contributed by atoms with van der Waals surface area (Å²) in [6, 6.07) is 20.4. The Labute approximate surface area is 296 Å². The van der Waals surface area contributed by atoms with Crippen LogP contribution >= 0.6 is 11.6 Å². The number of aryl methyl sites for hydroxylation is 1. The number of hydrogen-bond donors (Lipinski definition) is 2. The number of nitriles is 1. The molecule has 4 aromatic rings. The fraction of sp³-hybridized carbons (Fsp3) is 0.333. The number of piperidine rings is 1. The Hall–Kier alpha value is -4.95. The molecule has 1 aliphatic heterocycles. The van der Waals surface area contributed by atoms with Crippen molar-refractivity contribution in [2.24, 2.45) is 5.92 Å². The first-order valence-corrected chi connectivity index (χ1v) is 17.0. The van der Waals surface area contributed by atoms with Crippen LogP contribution in [0.25, 0.3) is 5.57 Å². The zero-order valence-electron chi connectivity index (χ0n) is 28.0. The topological polar surface area (TPSA) is 142 Å². The smallest absolute Gasteiger partial charge is 0.320 e. The first kappa shape index (κ1) is 34.9. The molecule has 1 aliphatic carbocycles. The van der Waals surface area contributed by atoms with E-state index in [0.29, 0.717) is 47.5 Å². The number of hydrogen-bond acceptors (Lipinski definition) is 9. The van der Waals surface area contributed by atoms with Crippen LogP contribution < -0.4 is 9.47 Å². The number of aliphatic hydroxyl groups is 1. The van der Waals surface area contributed by atoms with Gasteiger partial charge in [-0.2, -0.15) is 5.26 Å². The Morgan fingerprint density at radius 2 is 1.96 bits per heavy atom. The van der Waals surface area contributed by atoms with E-state index in [2.05, 4.69) is 48.3 Å². The van der Waals surface area contributed by atoms with Crippen LogP contribution in [-0.4, -0.2) is 50.5 Å². The molecule has 0 saturated carbocycles. The molecule has 0 radical (unpaired) electrons. The van der Waals surface area contributed by atoms with Gasteiger partial charge in [-0.05, 0) is 66.8 Å². The fourth-order valence-corrected chi connectivity index (χ4v) is 7.06. The summed E-state index contributed by atoms with van der Waals surface area (Å²) < 4.78 is 18.9. The van der Waals surface area contributed by atoms with Gasteiger partial charge in [-0.25, -0.2) is 0 Å². The van der Waals surface area contributed by atoms with Crippen molar-refractivity contribution in [1.82, 2.24) is 15.1 Å². The van der Waals surface area contributed by atoms with E-state index >= 15 is 0 Å². The van der Waals surface area contributed by atoms with E-state index in [4.69, 9.17) is 25.5 Å². The number of allylic oxidation sites excluding steroid dienone is 3. The molecule has 11 heteroatoms. The Morgan fingerprint density at radius 1 is 1.12 bits per heavy atom. The van der Waals surface area contributed by atoms with Crippen molar-refractivity contribution in [1.29, 1.82) is 5.26 Å². The van der Waals surface area contributed by atoms with Crippen LogP contribution in [0.1, 0.15) is 65.8 Å². The molecule has 6 rings (SSSR count). The molecule has 0 amide bonds. The van der Waals surface area contributed by atoms with Crippen molar-refractivity contribution in [3.05, 3.63) is 124 Å². The van der Waals surface area contributed by atoms with E-state index in [1.165, 1.54) is 0 Å². The molecular weight excluding hydrogens is 656 g/mol. The molecule has 1 fully saturated rings. The number of carboxylic acid groups (broad SMARTS) is 1. The number of ether oxygens (including phenoxy) is 2. The third-order valence-electron chi connectivity index (χ3n) is 9.67. The summed E-state index contributed by atoms with van der Waals surface area (Å²) in [6.07, 6.45) is 8.35. The summed E-state index contributed by atoms with van der Waals surface area (Å²) in [4.78, 5) is 14.1. The summed E-state index contributed by atoms with van der Waals surface area (Å²) in [5, 5.41) is 37.8. The Balaban J connectivity index is 1.34. The standard InChI is InChI=1S/C39H39ClN4O6/c1-25-9-3-4-12-30(25)31-13-8-15-39(26(31)2,38-43-42-36(22-45)50-38)24-49-35-19-34(48-23-28-11-7-10-27(17-28)20-41)29(18-32(35)40)21-44-16-6-5-14-33(44)37(46)47/h3-4,7-13,15,17-19,26,33,45H,5-6,14,16,21-24H2,1-2H3,(H,46,47)/t26?,33-,39?/m0/s1. The van der Waals surface area contributed by atoms with Crippen LogP contribution in [0.3, 0.4) is 0 Å². The van der Waals surface area contributed by atoms with Crippen molar-refractivity contribution < 1.29 is 28.9 Å². The third kappa shape index (κ3) is 7.31. The lowest BCUT2D eigenvalue weighted by Crippen LogP contribution is -2.44. The zero-order valence-corrected chi connectivity index (χ0v) is 28.8. The van der Waals surface area contributed by atoms with Gasteiger partial charge in [0, 0.05) is 24.1 Å². The molecule has 1 aromatic heterocycles. The van der Waals surface area contributed by atoms with Gasteiger partial charge in [0.1, 0.15) is 42.8 Å². The first-order chi connectivity index (χ1) is 24.2. The van der Waals surface area contributed by atoms with Crippen molar-refractivity contribution in [3.63, 3.8) is 0 Å². The van der Waals surface area contributed by atoms with Gasteiger partial charge in [0.2, 0.25) is 11.8 Å². The van der Waals surface area contributed by atoms with Gasteiger partial charge in [0.15, 0.2) is 0 Å². The minimum absolute atomic E-state index is 0.0664. The number of likely N-dealkylation sites (tertiary alicyclic amines) is 1. The van der Waals surface area contributed by atoms with E-state index in [1.807, 2.05) is 35.3 Å². The molecule has 2 unspecified atom stereocenters. The lowest BCUT2D eigenvalue weighted by molar-refractivity contribution is -0.144. The average molecular weight is 695 g/mol. The fourth-order valence-electron chi connectivity index (χ4n) is 6.82. The summed E-state index contributed by atoms with van der Waals surface area (Å²) >= 11 is 6.93. The molecule has 3 atom stereocenters. The highest BCUT2D eigenvalue weighted by atomic mass is 35.5. The second-order valence-corrected chi connectivity index (χ2v) is 13.2. The van der Waals surface area contributed by atoms with Gasteiger partial charge in [0.05, 0.1) is 16.7 Å². The Morgan fingerprint density at radius 3 is 2.72 bits per heavy atom. The highest BCUT2D eigenvalue weighted by Crippen LogP contribution is 2.46. The van der Waals surface area contributed by atoms with Crippen LogP contribution in [0.4, 0.5) is 0 Å². The largest absolute Gasteiger partial charge is 0.490 e. The van der Waals surface area contributed by atoms with Gasteiger partial charge in [-0.15, -0.1) is 10.2 Å². The second-order valence-electron chi connectivity index (χ2n) is 12.8. The summed E-state index contributed by atoms with van der Waals surface area (Å²) in [5.74, 6) is 0.214. The maximum atomic E-state index is 12.1. The highest BCUT2D eigenvalue weighted by Gasteiger charge is 2.45. The summed E-state index contributed by atoms with van der Waals surface area (Å²) in [7, 11) is 0. The third-order valence-corrected chi connectivity index (χ3v) is 9.96. The monoisotopic (exact) mass is 694 g/mol. The molecule has 2 aliphatic rings. The molecule has 1 saturated heterocycles. The lowest BCUT2D eigenvalue weighted by Gasteiger charge is -2.37. The first-order valence-electron chi connectivity index (χ1n) is 16.7. The van der Waals surface area contributed by atoms with Gasteiger partial charge in [-0.1, -0.05) is 79.6 Å². The number of carbonyl (C=O) groups is 1. The molecule has 0 spiro atoms. The normalized spacial score (nSPS) is 20.6. The number of benzene rings is 3. The van der Waals surface area contributed by atoms with Crippen LogP contribution in [0, 0.1) is 24.2 Å². The number of nitrogens with zero attached hydrogens (tertiary/aromatic N) is 4. The minimum Gasteiger partial charge on any atom is -0.490 e.